The van der Waals surface area contributed by atoms with Gasteiger partial charge in [0.1, 0.15) is 0 Å². The molecule has 30 heavy (non-hydrogen) atoms. The van der Waals surface area contributed by atoms with Crippen molar-refractivity contribution in [1.29, 1.82) is 0 Å². The number of pyridine rings is 1. The quantitative estimate of drug-likeness (QED) is 0.411. The molecular formula is C18H18N6O4S2. The van der Waals surface area contributed by atoms with Crippen LogP contribution in [-0.4, -0.2) is 39.7 Å². The minimum atomic E-state index is -0.388. The summed E-state index contributed by atoms with van der Waals surface area (Å²) in [5, 5.41) is 12.2. The summed E-state index contributed by atoms with van der Waals surface area (Å²) in [6, 6.07) is 2.69. The first-order valence-corrected chi connectivity index (χ1v) is 10.6. The van der Waals surface area contributed by atoms with Crippen LogP contribution in [-0.2, 0) is 22.4 Å². The molecule has 156 valence electrons. The van der Waals surface area contributed by atoms with E-state index < -0.39 is 0 Å². The number of carbonyl (C=O) groups is 3. The molecule has 0 aliphatic rings. The molecule has 0 saturated carbocycles. The van der Waals surface area contributed by atoms with E-state index in [-0.39, 0.29) is 36.1 Å². The first-order chi connectivity index (χ1) is 14.4. The fourth-order valence-corrected chi connectivity index (χ4v) is 3.79. The maximum Gasteiger partial charge on any atom is 0.258 e. The summed E-state index contributed by atoms with van der Waals surface area (Å²) in [6.45, 7) is 0. The van der Waals surface area contributed by atoms with Crippen molar-refractivity contribution in [3.8, 4) is 0 Å². The van der Waals surface area contributed by atoms with Crippen molar-refractivity contribution in [3.63, 3.8) is 0 Å². The highest BCUT2D eigenvalue weighted by Gasteiger charge is 2.12. The van der Waals surface area contributed by atoms with Gasteiger partial charge in [-0.15, -0.1) is 22.7 Å². The van der Waals surface area contributed by atoms with Crippen LogP contribution in [0.25, 0.3) is 0 Å². The number of likely N-dealkylation sites (N-methyl/N-ethyl adjacent to an activating group) is 1. The van der Waals surface area contributed by atoms with E-state index in [1.54, 1.807) is 17.8 Å². The van der Waals surface area contributed by atoms with Crippen LogP contribution in [0.5, 0.6) is 0 Å². The van der Waals surface area contributed by atoms with E-state index in [9.17, 15) is 19.2 Å². The Balaban J connectivity index is 1.47. The molecule has 3 aromatic rings. The molecule has 0 radical (unpaired) electrons. The summed E-state index contributed by atoms with van der Waals surface area (Å²) in [7, 11) is 1.55. The third-order valence-corrected chi connectivity index (χ3v) is 5.46. The van der Waals surface area contributed by atoms with Gasteiger partial charge in [0.15, 0.2) is 10.3 Å². The van der Waals surface area contributed by atoms with Crippen LogP contribution in [0.2, 0.25) is 0 Å². The summed E-state index contributed by atoms with van der Waals surface area (Å²) in [5.41, 5.74) is 1.29. The van der Waals surface area contributed by atoms with Crippen molar-refractivity contribution in [3.05, 3.63) is 56.4 Å². The average molecular weight is 447 g/mol. The highest BCUT2D eigenvalue weighted by Crippen LogP contribution is 2.19. The molecule has 3 rings (SSSR count). The molecule has 12 heteroatoms. The molecule has 3 aromatic heterocycles. The second-order valence-corrected chi connectivity index (χ2v) is 7.80. The van der Waals surface area contributed by atoms with Gasteiger partial charge in [-0.3, -0.25) is 24.5 Å². The highest BCUT2D eigenvalue weighted by molar-refractivity contribution is 7.14. The van der Waals surface area contributed by atoms with E-state index in [4.69, 9.17) is 0 Å². The van der Waals surface area contributed by atoms with Gasteiger partial charge in [-0.25, -0.2) is 9.97 Å². The molecule has 0 aromatic carbocycles. The Hall–Kier alpha value is -3.38. The minimum absolute atomic E-state index is 0.148. The third-order valence-electron chi connectivity index (χ3n) is 3.85. The van der Waals surface area contributed by atoms with Crippen molar-refractivity contribution in [2.75, 3.05) is 17.7 Å². The predicted molar refractivity (Wildman–Crippen MR) is 114 cm³/mol. The van der Waals surface area contributed by atoms with E-state index in [2.05, 4.69) is 30.9 Å². The van der Waals surface area contributed by atoms with Crippen molar-refractivity contribution in [2.45, 2.75) is 19.3 Å². The van der Waals surface area contributed by atoms with E-state index in [0.29, 0.717) is 33.6 Å². The molecule has 0 saturated heterocycles. The van der Waals surface area contributed by atoms with Crippen molar-refractivity contribution in [1.82, 2.24) is 20.3 Å². The Morgan fingerprint density at radius 3 is 2.40 bits per heavy atom. The molecule has 0 atom stereocenters. The van der Waals surface area contributed by atoms with Crippen molar-refractivity contribution >= 4 is 50.7 Å². The van der Waals surface area contributed by atoms with Crippen molar-refractivity contribution < 1.29 is 14.4 Å². The molecule has 0 aliphatic carbocycles. The molecule has 3 heterocycles. The summed E-state index contributed by atoms with van der Waals surface area (Å²) in [6.07, 6.45) is 2.08. The van der Waals surface area contributed by atoms with E-state index in [1.807, 2.05) is 0 Å². The smallest absolute Gasteiger partial charge is 0.258 e. The molecule has 0 spiro atoms. The number of aromatic amines is 1. The number of H-pyrrole nitrogens is 1. The van der Waals surface area contributed by atoms with Crippen molar-refractivity contribution in [2.24, 2.45) is 0 Å². The standard InChI is InChI=1S/C18H18N6O4S2/c1-19-15(27)6-12-9-30-17(22-12)23-14(26)5-3-11-8-29-18(21-11)24-16(28)10-2-4-13(25)20-7-10/h2,4,7-9H,3,5-6H2,1H3,(H,19,27)(H,20,25)(H,21,24,28)(H,22,23,26). The molecule has 3 amide bonds. The summed E-state index contributed by atoms with van der Waals surface area (Å²) in [5.74, 6) is -0.756. The van der Waals surface area contributed by atoms with Crippen LogP contribution >= 0.6 is 22.7 Å². The van der Waals surface area contributed by atoms with Gasteiger partial charge in [0, 0.05) is 36.5 Å². The zero-order chi connectivity index (χ0) is 21.5. The van der Waals surface area contributed by atoms with Gasteiger partial charge < -0.3 is 15.6 Å². The number of carbonyl (C=O) groups excluding carboxylic acids is 3. The lowest BCUT2D eigenvalue weighted by molar-refractivity contribution is -0.120. The number of aromatic nitrogens is 3. The van der Waals surface area contributed by atoms with Gasteiger partial charge in [0.2, 0.25) is 17.4 Å². The second-order valence-electron chi connectivity index (χ2n) is 6.08. The lowest BCUT2D eigenvalue weighted by Crippen LogP contribution is -2.20. The van der Waals surface area contributed by atoms with Crippen LogP contribution in [0, 0.1) is 0 Å². The molecule has 0 unspecified atom stereocenters. The first-order valence-electron chi connectivity index (χ1n) is 8.82. The van der Waals surface area contributed by atoms with Gasteiger partial charge in [0.25, 0.3) is 5.91 Å². The number of thiazole rings is 2. The third kappa shape index (κ3) is 6.06. The number of rotatable bonds is 8. The van der Waals surface area contributed by atoms with Gasteiger partial charge in [-0.05, 0) is 12.5 Å². The molecule has 4 N–H and O–H groups in total. The number of aryl methyl sites for hydroxylation is 1. The van der Waals surface area contributed by atoms with Crippen LogP contribution in [0.4, 0.5) is 10.3 Å². The number of hydrogen-bond acceptors (Lipinski definition) is 8. The maximum atomic E-state index is 12.1. The Morgan fingerprint density at radius 1 is 1.00 bits per heavy atom. The Labute approximate surface area is 178 Å². The normalized spacial score (nSPS) is 10.4. The van der Waals surface area contributed by atoms with E-state index >= 15 is 0 Å². The van der Waals surface area contributed by atoms with Gasteiger partial charge in [-0.1, -0.05) is 0 Å². The SMILES string of the molecule is CNC(=O)Cc1csc(NC(=O)CCc2csc(NC(=O)c3ccc(=O)[nH]c3)n2)n1. The average Bonchev–Trinajstić information content (AvgIpc) is 3.36. The predicted octanol–water partition coefficient (Wildman–Crippen LogP) is 1.40. The lowest BCUT2D eigenvalue weighted by Gasteiger charge is -2.01. The van der Waals surface area contributed by atoms with Gasteiger partial charge in [0.05, 0.1) is 23.4 Å². The molecule has 10 nitrogen and oxygen atoms in total. The lowest BCUT2D eigenvalue weighted by atomic mass is 10.2. The summed E-state index contributed by atoms with van der Waals surface area (Å²) in [4.78, 5) is 57.6. The minimum Gasteiger partial charge on any atom is -0.359 e. The molecular weight excluding hydrogens is 428 g/mol. The topological polar surface area (TPSA) is 146 Å². The molecule has 0 fully saturated rings. The second kappa shape index (κ2) is 9.89. The zero-order valence-electron chi connectivity index (χ0n) is 15.9. The number of nitrogens with one attached hydrogen (secondary N) is 4. The highest BCUT2D eigenvalue weighted by atomic mass is 32.1. The van der Waals surface area contributed by atoms with Crippen LogP contribution in [0.1, 0.15) is 28.2 Å². The number of hydrogen-bond donors (Lipinski definition) is 4. The van der Waals surface area contributed by atoms with Crippen LogP contribution < -0.4 is 21.5 Å². The molecule has 0 aliphatic heterocycles. The van der Waals surface area contributed by atoms with Gasteiger partial charge >= 0.3 is 0 Å². The van der Waals surface area contributed by atoms with E-state index in [0.717, 1.165) is 0 Å². The first kappa shape index (κ1) is 21.3. The monoisotopic (exact) mass is 446 g/mol. The Bertz CT molecular complexity index is 1100. The fourth-order valence-electron chi connectivity index (χ4n) is 2.32. The zero-order valence-corrected chi connectivity index (χ0v) is 17.5. The van der Waals surface area contributed by atoms with Crippen LogP contribution in [0.3, 0.4) is 0 Å². The van der Waals surface area contributed by atoms with Crippen LogP contribution in [0.15, 0.2) is 33.9 Å². The Morgan fingerprint density at radius 2 is 1.70 bits per heavy atom. The van der Waals surface area contributed by atoms with Gasteiger partial charge in [-0.2, -0.15) is 0 Å². The number of nitrogens with zero attached hydrogens (tertiary/aromatic N) is 2. The number of anilines is 2. The number of amides is 3. The fraction of sp³-hybridized carbons (Fsp3) is 0.222. The molecule has 0 bridgehead atoms. The largest absolute Gasteiger partial charge is 0.359 e. The summed E-state index contributed by atoms with van der Waals surface area (Å²) >= 11 is 2.50. The Kier molecular flexibility index (Phi) is 7.03. The summed E-state index contributed by atoms with van der Waals surface area (Å²) < 4.78 is 0. The van der Waals surface area contributed by atoms with E-state index in [1.165, 1.54) is 41.0 Å². The maximum absolute atomic E-state index is 12.1.